The van der Waals surface area contributed by atoms with Crippen LogP contribution in [0.25, 0.3) is 0 Å². The van der Waals surface area contributed by atoms with Gasteiger partial charge in [-0.2, -0.15) is 0 Å². The summed E-state index contributed by atoms with van der Waals surface area (Å²) in [4.78, 5) is 2.24. The average molecular weight is 290 g/mol. The summed E-state index contributed by atoms with van der Waals surface area (Å²) in [6.45, 7) is 5.59. The maximum atomic E-state index is 9.80. The molecule has 0 radical (unpaired) electrons. The third-order valence-corrected chi connectivity index (χ3v) is 3.62. The number of hydrogen-bond acceptors (Lipinski definition) is 2. The van der Waals surface area contributed by atoms with Crippen LogP contribution in [0.4, 0.5) is 0 Å². The quantitative estimate of drug-likeness (QED) is 0.907. The standard InChI is InChI=1S/C17H20ClNO/c1-12-8-15(9-13(2)17(12)20)11-19(3)10-14-4-6-16(18)7-5-14/h4-9,20H,10-11H2,1-3H3. The van der Waals surface area contributed by atoms with Crippen molar-refractivity contribution in [3.05, 3.63) is 63.7 Å². The predicted molar refractivity (Wildman–Crippen MR) is 84.2 cm³/mol. The fraction of sp³-hybridized carbons (Fsp3) is 0.294. The van der Waals surface area contributed by atoms with Crippen LogP contribution in [0, 0.1) is 13.8 Å². The molecule has 2 aromatic carbocycles. The first-order chi connectivity index (χ1) is 9.45. The number of halogens is 1. The van der Waals surface area contributed by atoms with Crippen LogP contribution >= 0.6 is 11.6 Å². The lowest BCUT2D eigenvalue weighted by molar-refractivity contribution is 0.318. The molecule has 0 atom stereocenters. The number of aryl methyl sites for hydroxylation is 2. The zero-order chi connectivity index (χ0) is 14.7. The van der Waals surface area contributed by atoms with Crippen LogP contribution in [-0.2, 0) is 13.1 Å². The predicted octanol–water partition coefficient (Wildman–Crippen LogP) is 4.29. The second-order valence-corrected chi connectivity index (χ2v) is 5.81. The lowest BCUT2D eigenvalue weighted by atomic mass is 10.1. The van der Waals surface area contributed by atoms with Gasteiger partial charge in [0, 0.05) is 18.1 Å². The number of phenolic OH excluding ortho intramolecular Hbond substituents is 1. The lowest BCUT2D eigenvalue weighted by Crippen LogP contribution is -2.17. The van der Waals surface area contributed by atoms with E-state index < -0.39 is 0 Å². The SMILES string of the molecule is Cc1cc(CN(C)Cc2ccc(Cl)cc2)cc(C)c1O. The summed E-state index contributed by atoms with van der Waals surface area (Å²) in [5.41, 5.74) is 4.32. The number of rotatable bonds is 4. The molecule has 0 unspecified atom stereocenters. The van der Waals surface area contributed by atoms with E-state index in [1.807, 2.05) is 50.2 Å². The van der Waals surface area contributed by atoms with E-state index in [0.29, 0.717) is 5.75 Å². The summed E-state index contributed by atoms with van der Waals surface area (Å²) in [7, 11) is 2.09. The molecule has 0 bridgehead atoms. The van der Waals surface area contributed by atoms with Gasteiger partial charge in [0.05, 0.1) is 0 Å². The highest BCUT2D eigenvalue weighted by Crippen LogP contribution is 2.23. The van der Waals surface area contributed by atoms with Gasteiger partial charge >= 0.3 is 0 Å². The van der Waals surface area contributed by atoms with Crippen LogP contribution in [0.1, 0.15) is 22.3 Å². The molecule has 2 rings (SSSR count). The first-order valence-electron chi connectivity index (χ1n) is 6.68. The molecule has 0 fully saturated rings. The van der Waals surface area contributed by atoms with Crippen molar-refractivity contribution in [1.29, 1.82) is 0 Å². The maximum absolute atomic E-state index is 9.80. The van der Waals surface area contributed by atoms with E-state index in [0.717, 1.165) is 29.2 Å². The summed E-state index contributed by atoms with van der Waals surface area (Å²) in [5, 5.41) is 10.6. The highest BCUT2D eigenvalue weighted by Gasteiger charge is 2.06. The molecule has 0 aliphatic rings. The molecule has 0 spiro atoms. The largest absolute Gasteiger partial charge is 0.507 e. The normalized spacial score (nSPS) is 11.1. The number of hydrogen-bond donors (Lipinski definition) is 1. The Kier molecular flexibility index (Phi) is 4.69. The Morgan fingerprint density at radius 3 is 2.00 bits per heavy atom. The highest BCUT2D eigenvalue weighted by molar-refractivity contribution is 6.30. The Balaban J connectivity index is 2.04. The molecule has 0 saturated carbocycles. The van der Waals surface area contributed by atoms with Crippen molar-refractivity contribution in [2.24, 2.45) is 0 Å². The second kappa shape index (κ2) is 6.29. The molecule has 0 amide bonds. The monoisotopic (exact) mass is 289 g/mol. The Labute approximate surface area is 125 Å². The number of benzene rings is 2. The molecular weight excluding hydrogens is 270 g/mol. The molecule has 20 heavy (non-hydrogen) atoms. The van der Waals surface area contributed by atoms with Crippen LogP contribution in [0.5, 0.6) is 5.75 Å². The van der Waals surface area contributed by atoms with Gasteiger partial charge in [-0.05, 0) is 55.3 Å². The maximum Gasteiger partial charge on any atom is 0.121 e. The summed E-state index contributed by atoms with van der Waals surface area (Å²) in [6, 6.07) is 12.0. The van der Waals surface area contributed by atoms with Crippen molar-refractivity contribution in [3.63, 3.8) is 0 Å². The number of aromatic hydroxyl groups is 1. The van der Waals surface area contributed by atoms with Crippen LogP contribution in [-0.4, -0.2) is 17.1 Å². The van der Waals surface area contributed by atoms with Crippen molar-refractivity contribution in [2.75, 3.05) is 7.05 Å². The van der Waals surface area contributed by atoms with Crippen molar-refractivity contribution in [2.45, 2.75) is 26.9 Å². The zero-order valence-corrected chi connectivity index (χ0v) is 12.9. The molecule has 2 aromatic rings. The first-order valence-corrected chi connectivity index (χ1v) is 7.05. The Bertz CT molecular complexity index is 569. The third kappa shape index (κ3) is 3.75. The summed E-state index contributed by atoms with van der Waals surface area (Å²) < 4.78 is 0. The fourth-order valence-corrected chi connectivity index (χ4v) is 2.53. The molecule has 0 saturated heterocycles. The summed E-state index contributed by atoms with van der Waals surface area (Å²) >= 11 is 5.89. The second-order valence-electron chi connectivity index (χ2n) is 5.38. The van der Waals surface area contributed by atoms with Crippen LogP contribution < -0.4 is 0 Å². The van der Waals surface area contributed by atoms with Crippen LogP contribution in [0.2, 0.25) is 5.02 Å². The van der Waals surface area contributed by atoms with Gasteiger partial charge < -0.3 is 5.11 Å². The van der Waals surface area contributed by atoms with Crippen molar-refractivity contribution < 1.29 is 5.11 Å². The Morgan fingerprint density at radius 1 is 0.950 bits per heavy atom. The Hall–Kier alpha value is -1.51. The molecule has 2 nitrogen and oxygen atoms in total. The average Bonchev–Trinajstić information content (AvgIpc) is 2.38. The smallest absolute Gasteiger partial charge is 0.121 e. The van der Waals surface area contributed by atoms with Gasteiger partial charge in [-0.3, -0.25) is 4.90 Å². The number of nitrogens with zero attached hydrogens (tertiary/aromatic N) is 1. The minimum absolute atomic E-state index is 0.397. The van der Waals surface area contributed by atoms with Crippen molar-refractivity contribution in [3.8, 4) is 5.75 Å². The molecule has 0 aliphatic carbocycles. The minimum atomic E-state index is 0.397. The zero-order valence-electron chi connectivity index (χ0n) is 12.2. The molecular formula is C17H20ClNO. The third-order valence-electron chi connectivity index (χ3n) is 3.37. The molecule has 106 valence electrons. The van der Waals surface area contributed by atoms with Crippen molar-refractivity contribution in [1.82, 2.24) is 4.90 Å². The fourth-order valence-electron chi connectivity index (χ4n) is 2.41. The first kappa shape index (κ1) is 14.9. The molecule has 0 aliphatic heterocycles. The molecule has 0 aromatic heterocycles. The van der Waals surface area contributed by atoms with E-state index in [2.05, 4.69) is 11.9 Å². The molecule has 3 heteroatoms. The van der Waals surface area contributed by atoms with E-state index in [1.165, 1.54) is 11.1 Å². The van der Waals surface area contributed by atoms with Crippen LogP contribution in [0.15, 0.2) is 36.4 Å². The van der Waals surface area contributed by atoms with Gasteiger partial charge in [0.15, 0.2) is 0 Å². The van der Waals surface area contributed by atoms with E-state index >= 15 is 0 Å². The van der Waals surface area contributed by atoms with Gasteiger partial charge in [0.25, 0.3) is 0 Å². The summed E-state index contributed by atoms with van der Waals surface area (Å²) in [5.74, 6) is 0.397. The summed E-state index contributed by atoms with van der Waals surface area (Å²) in [6.07, 6.45) is 0. The van der Waals surface area contributed by atoms with Gasteiger partial charge in [-0.15, -0.1) is 0 Å². The Morgan fingerprint density at radius 2 is 1.45 bits per heavy atom. The highest BCUT2D eigenvalue weighted by atomic mass is 35.5. The minimum Gasteiger partial charge on any atom is -0.507 e. The van der Waals surface area contributed by atoms with E-state index in [-0.39, 0.29) is 0 Å². The molecule has 1 N–H and O–H groups in total. The van der Waals surface area contributed by atoms with Gasteiger partial charge in [-0.1, -0.05) is 35.9 Å². The number of phenols is 1. The van der Waals surface area contributed by atoms with E-state index in [9.17, 15) is 5.11 Å². The van der Waals surface area contributed by atoms with Gasteiger partial charge in [0.1, 0.15) is 5.75 Å². The van der Waals surface area contributed by atoms with Gasteiger partial charge in [-0.25, -0.2) is 0 Å². The van der Waals surface area contributed by atoms with E-state index in [1.54, 1.807) is 0 Å². The van der Waals surface area contributed by atoms with Gasteiger partial charge in [0.2, 0.25) is 0 Å². The van der Waals surface area contributed by atoms with E-state index in [4.69, 9.17) is 11.6 Å². The van der Waals surface area contributed by atoms with Crippen LogP contribution in [0.3, 0.4) is 0 Å². The lowest BCUT2D eigenvalue weighted by Gasteiger charge is -2.18. The topological polar surface area (TPSA) is 23.5 Å². The van der Waals surface area contributed by atoms with Crippen molar-refractivity contribution >= 4 is 11.6 Å². The molecule has 0 heterocycles.